The van der Waals surface area contributed by atoms with E-state index in [-0.39, 0.29) is 11.9 Å². The fraction of sp³-hybridized carbons (Fsp3) is 0.250. The van der Waals surface area contributed by atoms with Gasteiger partial charge in [-0.3, -0.25) is 5.41 Å². The van der Waals surface area contributed by atoms with Gasteiger partial charge in [-0.1, -0.05) is 0 Å². The molecule has 1 rings (SSSR count). The Morgan fingerprint density at radius 2 is 2.33 bits per heavy atom. The summed E-state index contributed by atoms with van der Waals surface area (Å²) in [6.07, 6.45) is 0. The van der Waals surface area contributed by atoms with Crippen molar-refractivity contribution in [2.24, 2.45) is 16.5 Å². The van der Waals surface area contributed by atoms with Gasteiger partial charge >= 0.3 is 0 Å². The molecule has 5 N–H and O–H groups in total. The summed E-state index contributed by atoms with van der Waals surface area (Å²) in [4.78, 5) is 6.46. The van der Waals surface area contributed by atoms with Crippen LogP contribution < -0.4 is 11.5 Å². The first kappa shape index (κ1) is 12.0. The van der Waals surface area contributed by atoms with Crippen molar-refractivity contribution >= 4 is 39.2 Å². The molecule has 0 unspecified atom stereocenters. The summed E-state index contributed by atoms with van der Waals surface area (Å²) in [6, 6.07) is 2.00. The van der Waals surface area contributed by atoms with Crippen LogP contribution in [0.5, 0.6) is 0 Å². The number of thiophene rings is 1. The van der Waals surface area contributed by atoms with E-state index in [1.165, 1.54) is 0 Å². The van der Waals surface area contributed by atoms with Crippen LogP contribution in [0.15, 0.2) is 20.9 Å². The third-order valence-electron chi connectivity index (χ3n) is 1.61. The second-order valence-corrected chi connectivity index (χ2v) is 4.86. The molecule has 0 fully saturated rings. The van der Waals surface area contributed by atoms with Crippen molar-refractivity contribution in [3.63, 3.8) is 0 Å². The maximum absolute atomic E-state index is 7.55. The second-order valence-electron chi connectivity index (χ2n) is 2.95. The molecular formula is C8H12BrN5S. The third kappa shape index (κ3) is 3.88. The number of guanidine groups is 2. The fourth-order valence-electron chi connectivity index (χ4n) is 0.953. The zero-order valence-electron chi connectivity index (χ0n) is 8.20. The normalized spacial score (nSPS) is 9.73. The first-order valence-corrected chi connectivity index (χ1v) is 5.78. The molecule has 7 heteroatoms. The first-order valence-electron chi connectivity index (χ1n) is 4.11. The molecule has 1 heterocycles. The second kappa shape index (κ2) is 5.13. The van der Waals surface area contributed by atoms with Crippen molar-refractivity contribution in [2.75, 3.05) is 7.05 Å². The maximum Gasteiger partial charge on any atom is 0.221 e. The summed E-state index contributed by atoms with van der Waals surface area (Å²) in [6.45, 7) is 0.617. The van der Waals surface area contributed by atoms with Crippen LogP contribution in [0.4, 0.5) is 0 Å². The zero-order valence-corrected chi connectivity index (χ0v) is 10.6. The number of halogens is 1. The predicted octanol–water partition coefficient (Wildman–Crippen LogP) is 1.15. The average Bonchev–Trinajstić information content (AvgIpc) is 2.50. The highest BCUT2D eigenvalue weighted by molar-refractivity contribution is 9.10. The van der Waals surface area contributed by atoms with E-state index in [9.17, 15) is 0 Å². The fourth-order valence-corrected chi connectivity index (χ4v) is 2.46. The molecule has 0 aliphatic carbocycles. The van der Waals surface area contributed by atoms with Crippen molar-refractivity contribution in [1.82, 2.24) is 4.90 Å². The molecule has 0 aromatic carbocycles. The van der Waals surface area contributed by atoms with E-state index in [4.69, 9.17) is 16.9 Å². The van der Waals surface area contributed by atoms with Crippen LogP contribution in [-0.2, 0) is 6.54 Å². The van der Waals surface area contributed by atoms with E-state index in [0.29, 0.717) is 6.54 Å². The highest BCUT2D eigenvalue weighted by atomic mass is 79.9. The molecule has 0 aliphatic rings. The van der Waals surface area contributed by atoms with Gasteiger partial charge < -0.3 is 16.4 Å². The van der Waals surface area contributed by atoms with Gasteiger partial charge in [0, 0.05) is 21.8 Å². The quantitative estimate of drug-likeness (QED) is 0.563. The van der Waals surface area contributed by atoms with Crippen LogP contribution in [0.1, 0.15) is 4.88 Å². The van der Waals surface area contributed by atoms with Crippen LogP contribution >= 0.6 is 27.3 Å². The lowest BCUT2D eigenvalue weighted by Crippen LogP contribution is -2.30. The van der Waals surface area contributed by atoms with Gasteiger partial charge in [-0.15, -0.1) is 11.3 Å². The Morgan fingerprint density at radius 3 is 2.80 bits per heavy atom. The van der Waals surface area contributed by atoms with E-state index in [0.717, 1.165) is 9.35 Å². The molecule has 0 atom stereocenters. The van der Waals surface area contributed by atoms with Gasteiger partial charge in [0.15, 0.2) is 5.96 Å². The molecule has 5 nitrogen and oxygen atoms in total. The van der Waals surface area contributed by atoms with Crippen molar-refractivity contribution in [2.45, 2.75) is 6.54 Å². The largest absolute Gasteiger partial charge is 0.370 e. The summed E-state index contributed by atoms with van der Waals surface area (Å²) in [5, 5.41) is 9.55. The molecular weight excluding hydrogens is 278 g/mol. The molecule has 0 radical (unpaired) electrons. The molecule has 0 aliphatic heterocycles. The van der Waals surface area contributed by atoms with Gasteiger partial charge in [0.25, 0.3) is 0 Å². The first-order chi connectivity index (χ1) is 6.99. The van der Waals surface area contributed by atoms with E-state index >= 15 is 0 Å². The van der Waals surface area contributed by atoms with Crippen LogP contribution in [-0.4, -0.2) is 23.9 Å². The highest BCUT2D eigenvalue weighted by Crippen LogP contribution is 2.20. The number of nitrogens with zero attached hydrogens (tertiary/aromatic N) is 2. The van der Waals surface area contributed by atoms with E-state index in [2.05, 4.69) is 20.9 Å². The maximum atomic E-state index is 7.55. The molecule has 0 saturated carbocycles. The topological polar surface area (TPSA) is 91.5 Å². The lowest BCUT2D eigenvalue weighted by molar-refractivity contribution is 0.496. The van der Waals surface area contributed by atoms with Crippen molar-refractivity contribution in [1.29, 1.82) is 5.41 Å². The van der Waals surface area contributed by atoms with Crippen molar-refractivity contribution < 1.29 is 0 Å². The minimum absolute atomic E-state index is 0.0551. The van der Waals surface area contributed by atoms with Gasteiger partial charge in [0.05, 0.1) is 6.54 Å². The Morgan fingerprint density at radius 1 is 1.67 bits per heavy atom. The van der Waals surface area contributed by atoms with Crippen molar-refractivity contribution in [3.8, 4) is 0 Å². The standard InChI is InChI=1S/C8H12BrN5S/c1-14(8(12)13-7(10)11)3-6-2-5(9)4-15-6/h2,4H,3H2,1H3,(H5,10,11,12,13). The van der Waals surface area contributed by atoms with Gasteiger partial charge in [-0.25, -0.2) is 0 Å². The van der Waals surface area contributed by atoms with Crippen LogP contribution in [0.2, 0.25) is 0 Å². The Balaban J connectivity index is 2.59. The number of hydrogen-bond donors (Lipinski definition) is 3. The highest BCUT2D eigenvalue weighted by Gasteiger charge is 2.06. The lowest BCUT2D eigenvalue weighted by atomic mass is 10.4. The zero-order chi connectivity index (χ0) is 11.4. The third-order valence-corrected chi connectivity index (χ3v) is 3.29. The Bertz CT molecular complexity index is 382. The Labute approximate surface area is 100 Å². The van der Waals surface area contributed by atoms with Gasteiger partial charge in [0.2, 0.25) is 5.96 Å². The van der Waals surface area contributed by atoms with Crippen LogP contribution in [0.25, 0.3) is 0 Å². The summed E-state index contributed by atoms with van der Waals surface area (Å²) >= 11 is 4.99. The minimum atomic E-state index is -0.0980. The molecule has 1 aromatic heterocycles. The number of aliphatic imine (C=N–C) groups is 1. The Kier molecular flexibility index (Phi) is 4.10. The van der Waals surface area contributed by atoms with Gasteiger partial charge in [-0.2, -0.15) is 4.99 Å². The van der Waals surface area contributed by atoms with E-state index in [1.807, 2.05) is 11.4 Å². The summed E-state index contributed by atoms with van der Waals surface area (Å²) < 4.78 is 1.05. The summed E-state index contributed by atoms with van der Waals surface area (Å²) in [5.74, 6) is -0.0428. The minimum Gasteiger partial charge on any atom is -0.370 e. The number of hydrogen-bond acceptors (Lipinski definition) is 2. The lowest BCUT2D eigenvalue weighted by Gasteiger charge is -2.15. The smallest absolute Gasteiger partial charge is 0.221 e. The van der Waals surface area contributed by atoms with Crippen LogP contribution in [0, 0.1) is 5.41 Å². The molecule has 0 bridgehead atoms. The predicted molar refractivity (Wildman–Crippen MR) is 67.0 cm³/mol. The molecule has 0 amide bonds. The number of nitrogens with two attached hydrogens (primary N) is 2. The number of rotatable bonds is 2. The average molecular weight is 290 g/mol. The van der Waals surface area contributed by atoms with E-state index < -0.39 is 0 Å². The Hall–Kier alpha value is -1.08. The molecule has 82 valence electrons. The molecule has 1 aromatic rings. The van der Waals surface area contributed by atoms with Gasteiger partial charge in [0.1, 0.15) is 0 Å². The monoisotopic (exact) mass is 289 g/mol. The van der Waals surface area contributed by atoms with Gasteiger partial charge in [-0.05, 0) is 22.0 Å². The van der Waals surface area contributed by atoms with E-state index in [1.54, 1.807) is 23.3 Å². The summed E-state index contributed by atoms with van der Waals surface area (Å²) in [7, 11) is 1.77. The van der Waals surface area contributed by atoms with Crippen molar-refractivity contribution in [3.05, 3.63) is 20.8 Å². The summed E-state index contributed by atoms with van der Waals surface area (Å²) in [5.41, 5.74) is 10.4. The molecule has 15 heavy (non-hydrogen) atoms. The SMILES string of the molecule is CN(Cc1cc(Br)cs1)C(=N)N=C(N)N. The molecule has 0 spiro atoms. The number of nitrogens with one attached hydrogen (secondary N) is 1. The van der Waals surface area contributed by atoms with Crippen LogP contribution in [0.3, 0.4) is 0 Å². The molecule has 0 saturated heterocycles.